The molecular weight excluding hydrogens is 367 g/mol. The van der Waals surface area contributed by atoms with Gasteiger partial charge in [-0.2, -0.15) is 23.5 Å². The van der Waals surface area contributed by atoms with Crippen molar-refractivity contribution < 1.29 is 27.4 Å². The second-order valence-corrected chi connectivity index (χ2v) is 5.29. The van der Waals surface area contributed by atoms with Crippen LogP contribution in [-0.4, -0.2) is 42.3 Å². The standard InChI is InChI=1S/C16H16F3N5O3/c1-26-5-4-24-9-13(8-21-24)23-15(25)22-12-2-3-14(11(6-12)7-20)27-10-16(17,18)19/h2-3,6,8-9H,4-5,10H2,1H3,(H2,22,23,25). The number of urea groups is 1. The molecule has 2 amide bonds. The number of hydrogen-bond acceptors (Lipinski definition) is 5. The SMILES string of the molecule is COCCn1cc(NC(=O)Nc2ccc(OCC(F)(F)F)c(C#N)c2)cn1. The molecule has 0 spiro atoms. The Labute approximate surface area is 152 Å². The average molecular weight is 383 g/mol. The Bertz CT molecular complexity index is 829. The molecule has 1 aromatic heterocycles. The number of halogens is 3. The summed E-state index contributed by atoms with van der Waals surface area (Å²) < 4.78 is 47.7. The van der Waals surface area contributed by atoms with Crippen molar-refractivity contribution in [2.75, 3.05) is 31.0 Å². The minimum absolute atomic E-state index is 0.135. The third-order valence-corrected chi connectivity index (χ3v) is 3.16. The van der Waals surface area contributed by atoms with Crippen molar-refractivity contribution in [1.29, 1.82) is 5.26 Å². The number of anilines is 2. The fourth-order valence-corrected chi connectivity index (χ4v) is 2.01. The summed E-state index contributed by atoms with van der Waals surface area (Å²) in [5, 5.41) is 18.1. The van der Waals surface area contributed by atoms with E-state index in [1.165, 1.54) is 24.4 Å². The molecule has 144 valence electrons. The second kappa shape index (κ2) is 8.91. The van der Waals surface area contributed by atoms with Gasteiger partial charge in [0.05, 0.1) is 30.6 Å². The summed E-state index contributed by atoms with van der Waals surface area (Å²) in [7, 11) is 1.56. The van der Waals surface area contributed by atoms with Crippen LogP contribution in [0.2, 0.25) is 0 Å². The molecule has 2 N–H and O–H groups in total. The van der Waals surface area contributed by atoms with Crippen LogP contribution in [0.3, 0.4) is 0 Å². The maximum atomic E-state index is 12.2. The van der Waals surface area contributed by atoms with Gasteiger partial charge in [0.15, 0.2) is 6.61 Å². The van der Waals surface area contributed by atoms with E-state index < -0.39 is 18.8 Å². The number of rotatable bonds is 7. The van der Waals surface area contributed by atoms with E-state index in [1.54, 1.807) is 24.1 Å². The molecule has 1 aromatic carbocycles. The smallest absolute Gasteiger partial charge is 0.422 e. The zero-order valence-corrected chi connectivity index (χ0v) is 14.2. The lowest BCUT2D eigenvalue weighted by Gasteiger charge is -2.12. The summed E-state index contributed by atoms with van der Waals surface area (Å²) in [5.41, 5.74) is 0.522. The van der Waals surface area contributed by atoms with Crippen molar-refractivity contribution in [3.05, 3.63) is 36.2 Å². The van der Waals surface area contributed by atoms with Gasteiger partial charge in [-0.15, -0.1) is 0 Å². The summed E-state index contributed by atoms with van der Waals surface area (Å²) >= 11 is 0. The van der Waals surface area contributed by atoms with E-state index in [9.17, 15) is 18.0 Å². The van der Waals surface area contributed by atoms with Gasteiger partial charge in [-0.25, -0.2) is 4.79 Å². The summed E-state index contributed by atoms with van der Waals surface area (Å²) in [5.74, 6) is -0.222. The maximum Gasteiger partial charge on any atom is 0.422 e. The van der Waals surface area contributed by atoms with Crippen LogP contribution in [-0.2, 0) is 11.3 Å². The van der Waals surface area contributed by atoms with E-state index in [2.05, 4.69) is 20.5 Å². The minimum Gasteiger partial charge on any atom is -0.483 e. The van der Waals surface area contributed by atoms with Gasteiger partial charge in [0.2, 0.25) is 0 Å². The van der Waals surface area contributed by atoms with Crippen molar-refractivity contribution in [3.63, 3.8) is 0 Å². The van der Waals surface area contributed by atoms with Crippen LogP contribution in [0.25, 0.3) is 0 Å². The van der Waals surface area contributed by atoms with Crippen LogP contribution in [0.1, 0.15) is 5.56 Å². The Hall–Kier alpha value is -3.26. The predicted octanol–water partition coefficient (Wildman–Crippen LogP) is 2.99. The van der Waals surface area contributed by atoms with E-state index in [4.69, 9.17) is 10.00 Å². The van der Waals surface area contributed by atoms with Crippen molar-refractivity contribution in [3.8, 4) is 11.8 Å². The zero-order valence-electron chi connectivity index (χ0n) is 14.2. The molecule has 2 rings (SSSR count). The van der Waals surface area contributed by atoms with Crippen molar-refractivity contribution in [2.45, 2.75) is 12.7 Å². The molecule has 27 heavy (non-hydrogen) atoms. The average Bonchev–Trinajstić information content (AvgIpc) is 3.05. The predicted molar refractivity (Wildman–Crippen MR) is 89.5 cm³/mol. The first-order valence-electron chi connectivity index (χ1n) is 7.64. The number of ether oxygens (including phenoxy) is 2. The molecule has 0 fully saturated rings. The highest BCUT2D eigenvalue weighted by Crippen LogP contribution is 2.25. The number of aromatic nitrogens is 2. The van der Waals surface area contributed by atoms with Crippen LogP contribution in [0.5, 0.6) is 5.75 Å². The van der Waals surface area contributed by atoms with Crippen LogP contribution in [0, 0.1) is 11.3 Å². The van der Waals surface area contributed by atoms with Gasteiger partial charge in [0.1, 0.15) is 11.8 Å². The molecule has 0 aliphatic carbocycles. The second-order valence-electron chi connectivity index (χ2n) is 5.29. The molecular formula is C16H16F3N5O3. The van der Waals surface area contributed by atoms with Gasteiger partial charge in [-0.05, 0) is 18.2 Å². The van der Waals surface area contributed by atoms with Crippen molar-refractivity contribution in [2.24, 2.45) is 0 Å². The number of hydrogen-bond donors (Lipinski definition) is 2. The topological polar surface area (TPSA) is 101 Å². The first-order chi connectivity index (χ1) is 12.8. The highest BCUT2D eigenvalue weighted by atomic mass is 19.4. The summed E-state index contributed by atoms with van der Waals surface area (Å²) in [6.45, 7) is -0.528. The number of carbonyl (C=O) groups is 1. The Morgan fingerprint density at radius 2 is 2.07 bits per heavy atom. The zero-order chi connectivity index (χ0) is 19.9. The van der Waals surface area contributed by atoms with E-state index in [-0.39, 0.29) is 17.0 Å². The number of nitriles is 1. The van der Waals surface area contributed by atoms with Crippen LogP contribution < -0.4 is 15.4 Å². The largest absolute Gasteiger partial charge is 0.483 e. The van der Waals surface area contributed by atoms with Crippen LogP contribution in [0.4, 0.5) is 29.3 Å². The van der Waals surface area contributed by atoms with Gasteiger partial charge in [0.25, 0.3) is 0 Å². The van der Waals surface area contributed by atoms with Gasteiger partial charge in [0, 0.05) is 19.0 Å². The minimum atomic E-state index is -4.52. The highest BCUT2D eigenvalue weighted by molar-refractivity contribution is 5.99. The van der Waals surface area contributed by atoms with Gasteiger partial charge in [-0.1, -0.05) is 0 Å². The first-order valence-corrected chi connectivity index (χ1v) is 7.64. The first kappa shape index (κ1) is 20.1. The van der Waals surface area contributed by atoms with E-state index in [0.717, 1.165) is 0 Å². The van der Waals surface area contributed by atoms with E-state index in [1.807, 2.05) is 0 Å². The normalized spacial score (nSPS) is 10.9. The third kappa shape index (κ3) is 6.52. The monoisotopic (exact) mass is 383 g/mol. The number of amides is 2. The molecule has 11 heteroatoms. The summed E-state index contributed by atoms with van der Waals surface area (Å²) in [6.07, 6.45) is -1.46. The Morgan fingerprint density at radius 3 is 2.74 bits per heavy atom. The van der Waals surface area contributed by atoms with E-state index >= 15 is 0 Å². The molecule has 8 nitrogen and oxygen atoms in total. The summed E-state index contributed by atoms with van der Waals surface area (Å²) in [6, 6.07) is 4.85. The van der Waals surface area contributed by atoms with E-state index in [0.29, 0.717) is 18.8 Å². The molecule has 0 atom stereocenters. The number of nitrogens with one attached hydrogen (secondary N) is 2. The molecule has 0 saturated carbocycles. The third-order valence-electron chi connectivity index (χ3n) is 3.16. The van der Waals surface area contributed by atoms with Crippen LogP contribution >= 0.6 is 0 Å². The van der Waals surface area contributed by atoms with Crippen LogP contribution in [0.15, 0.2) is 30.6 Å². The van der Waals surface area contributed by atoms with Gasteiger partial charge >= 0.3 is 12.2 Å². The Morgan fingerprint density at radius 1 is 1.33 bits per heavy atom. The molecule has 0 bridgehead atoms. The number of carbonyl (C=O) groups excluding carboxylic acids is 1. The maximum absolute atomic E-state index is 12.2. The fraction of sp³-hybridized carbons (Fsp3) is 0.312. The number of benzene rings is 1. The Kier molecular flexibility index (Phi) is 6.62. The quantitative estimate of drug-likeness (QED) is 0.765. The molecule has 0 aliphatic heterocycles. The molecule has 0 unspecified atom stereocenters. The molecule has 2 aromatic rings. The van der Waals surface area contributed by atoms with Gasteiger partial charge < -0.3 is 20.1 Å². The highest BCUT2D eigenvalue weighted by Gasteiger charge is 2.28. The lowest BCUT2D eigenvalue weighted by molar-refractivity contribution is -0.153. The fourth-order valence-electron chi connectivity index (χ4n) is 2.01. The van der Waals surface area contributed by atoms with Crippen molar-refractivity contribution >= 4 is 17.4 Å². The molecule has 0 saturated heterocycles. The van der Waals surface area contributed by atoms with Crippen molar-refractivity contribution in [1.82, 2.24) is 9.78 Å². The number of nitrogens with zero attached hydrogens (tertiary/aromatic N) is 3. The molecule has 0 radical (unpaired) electrons. The Balaban J connectivity index is 1.97. The molecule has 1 heterocycles. The summed E-state index contributed by atoms with van der Waals surface area (Å²) in [4.78, 5) is 12.0. The number of alkyl halides is 3. The number of methoxy groups -OCH3 is 1. The molecule has 0 aliphatic rings. The van der Waals surface area contributed by atoms with Gasteiger partial charge in [-0.3, -0.25) is 4.68 Å². The lowest BCUT2D eigenvalue weighted by Crippen LogP contribution is -2.20. The lowest BCUT2D eigenvalue weighted by atomic mass is 10.2.